The molecule has 2 aliphatic rings. The molecular formula is C14H21F2NOS. The van der Waals surface area contributed by atoms with Crippen LogP contribution in [0.3, 0.4) is 0 Å². The second-order valence-electron chi connectivity index (χ2n) is 6.14. The van der Waals surface area contributed by atoms with Crippen LogP contribution in [0, 0.1) is 5.92 Å². The number of nitrogens with zero attached hydrogens (tertiary/aromatic N) is 1. The molecule has 108 valence electrons. The zero-order valence-electron chi connectivity index (χ0n) is 11.6. The van der Waals surface area contributed by atoms with Gasteiger partial charge in [-0.15, -0.1) is 0 Å². The van der Waals surface area contributed by atoms with E-state index in [0.717, 1.165) is 12.8 Å². The van der Waals surface area contributed by atoms with Crippen molar-refractivity contribution in [3.8, 4) is 0 Å². The summed E-state index contributed by atoms with van der Waals surface area (Å²) < 4.78 is 41.3. The highest BCUT2D eigenvalue weighted by Crippen LogP contribution is 2.35. The molecule has 1 fully saturated rings. The van der Waals surface area contributed by atoms with E-state index in [-0.39, 0.29) is 10.8 Å². The SMILES string of the molecule is CC(C)(C)[S@@](=O)N1CCC[C@@H]1C1C=C(F)C=CC1F. The Balaban J connectivity index is 2.20. The van der Waals surface area contributed by atoms with E-state index in [1.165, 1.54) is 18.2 Å². The summed E-state index contributed by atoms with van der Waals surface area (Å²) in [7, 11) is -1.18. The Morgan fingerprint density at radius 3 is 2.74 bits per heavy atom. The Morgan fingerprint density at radius 2 is 2.11 bits per heavy atom. The maximum absolute atomic E-state index is 14.0. The normalized spacial score (nSPS) is 34.4. The number of halogens is 2. The minimum absolute atomic E-state index is 0.175. The maximum atomic E-state index is 14.0. The van der Waals surface area contributed by atoms with Gasteiger partial charge in [0.2, 0.25) is 0 Å². The van der Waals surface area contributed by atoms with Crippen LogP contribution in [0.4, 0.5) is 8.78 Å². The van der Waals surface area contributed by atoms with Crippen molar-refractivity contribution in [1.82, 2.24) is 4.31 Å². The van der Waals surface area contributed by atoms with E-state index in [4.69, 9.17) is 0 Å². The lowest BCUT2D eigenvalue weighted by Gasteiger charge is -2.34. The summed E-state index contributed by atoms with van der Waals surface area (Å²) in [6.45, 7) is 6.41. The fraction of sp³-hybridized carbons (Fsp3) is 0.714. The smallest absolute Gasteiger partial charge is 0.127 e. The first-order valence-electron chi connectivity index (χ1n) is 6.69. The molecule has 0 bridgehead atoms. The molecule has 0 spiro atoms. The molecule has 0 radical (unpaired) electrons. The molecule has 1 aliphatic carbocycles. The molecule has 1 saturated heterocycles. The maximum Gasteiger partial charge on any atom is 0.127 e. The van der Waals surface area contributed by atoms with Gasteiger partial charge >= 0.3 is 0 Å². The van der Waals surface area contributed by atoms with E-state index < -0.39 is 28.9 Å². The molecule has 2 unspecified atom stereocenters. The molecule has 0 saturated carbocycles. The Labute approximate surface area is 116 Å². The lowest BCUT2D eigenvalue weighted by atomic mass is 9.90. The molecule has 2 rings (SSSR count). The lowest BCUT2D eigenvalue weighted by molar-refractivity contribution is 0.226. The molecule has 19 heavy (non-hydrogen) atoms. The van der Waals surface area contributed by atoms with Crippen LogP contribution < -0.4 is 0 Å². The Bertz CT molecular complexity index is 428. The fourth-order valence-electron chi connectivity index (χ4n) is 2.67. The first-order valence-corrected chi connectivity index (χ1v) is 7.79. The highest BCUT2D eigenvalue weighted by Gasteiger charge is 2.41. The third-order valence-corrected chi connectivity index (χ3v) is 5.52. The van der Waals surface area contributed by atoms with Gasteiger partial charge in [0.15, 0.2) is 0 Å². The topological polar surface area (TPSA) is 20.3 Å². The van der Waals surface area contributed by atoms with Crippen molar-refractivity contribution in [2.45, 2.75) is 50.6 Å². The molecule has 0 aromatic rings. The molecule has 1 heterocycles. The Kier molecular flexibility index (Phi) is 4.26. The van der Waals surface area contributed by atoms with Gasteiger partial charge in [-0.25, -0.2) is 17.3 Å². The first kappa shape index (κ1) is 14.9. The van der Waals surface area contributed by atoms with Gasteiger partial charge in [0, 0.05) is 18.5 Å². The van der Waals surface area contributed by atoms with Gasteiger partial charge in [0.25, 0.3) is 0 Å². The number of hydrogen-bond acceptors (Lipinski definition) is 1. The van der Waals surface area contributed by atoms with Crippen LogP contribution in [0.1, 0.15) is 33.6 Å². The first-order chi connectivity index (χ1) is 8.80. The van der Waals surface area contributed by atoms with Crippen LogP contribution in [0.15, 0.2) is 24.1 Å². The van der Waals surface area contributed by atoms with Crippen LogP contribution in [0.5, 0.6) is 0 Å². The fourth-order valence-corrected chi connectivity index (χ4v) is 4.17. The molecule has 4 atom stereocenters. The second kappa shape index (κ2) is 5.44. The minimum atomic E-state index is -1.19. The highest BCUT2D eigenvalue weighted by molar-refractivity contribution is 7.84. The number of alkyl halides is 1. The van der Waals surface area contributed by atoms with Gasteiger partial charge in [-0.05, 0) is 51.8 Å². The van der Waals surface area contributed by atoms with Gasteiger partial charge in [-0.1, -0.05) is 0 Å². The third-order valence-electron chi connectivity index (χ3n) is 3.59. The Hall–Kier alpha value is -0.550. The summed E-state index contributed by atoms with van der Waals surface area (Å²) >= 11 is 0. The van der Waals surface area contributed by atoms with Crippen LogP contribution in [0.2, 0.25) is 0 Å². The predicted octanol–water partition coefficient (Wildman–Crippen LogP) is 3.29. The summed E-state index contributed by atoms with van der Waals surface area (Å²) in [6, 6.07) is -0.175. The molecule has 2 nitrogen and oxygen atoms in total. The van der Waals surface area contributed by atoms with Crippen molar-refractivity contribution in [1.29, 1.82) is 0 Å². The molecular weight excluding hydrogens is 268 g/mol. The van der Waals surface area contributed by atoms with Gasteiger partial charge in [0.05, 0.1) is 15.7 Å². The second-order valence-corrected chi connectivity index (χ2v) is 8.34. The lowest BCUT2D eigenvalue weighted by Crippen LogP contribution is -2.45. The van der Waals surface area contributed by atoms with E-state index in [2.05, 4.69) is 0 Å². The van der Waals surface area contributed by atoms with E-state index >= 15 is 0 Å². The highest BCUT2D eigenvalue weighted by atomic mass is 32.2. The number of rotatable bonds is 2. The summed E-state index contributed by atoms with van der Waals surface area (Å²) in [6.07, 6.45) is 4.23. The largest absolute Gasteiger partial charge is 0.242 e. The van der Waals surface area contributed by atoms with Crippen molar-refractivity contribution in [3.05, 3.63) is 24.1 Å². The number of hydrogen-bond donors (Lipinski definition) is 0. The van der Waals surface area contributed by atoms with Gasteiger partial charge in [-0.3, -0.25) is 0 Å². The van der Waals surface area contributed by atoms with E-state index in [9.17, 15) is 13.0 Å². The van der Waals surface area contributed by atoms with E-state index in [1.54, 1.807) is 0 Å². The monoisotopic (exact) mass is 289 g/mol. The predicted molar refractivity (Wildman–Crippen MR) is 74.3 cm³/mol. The van der Waals surface area contributed by atoms with Crippen LogP contribution in [0.25, 0.3) is 0 Å². The van der Waals surface area contributed by atoms with Crippen molar-refractivity contribution in [2.24, 2.45) is 5.92 Å². The summed E-state index contributed by atoms with van der Waals surface area (Å²) in [4.78, 5) is 0. The summed E-state index contributed by atoms with van der Waals surface area (Å²) in [5.74, 6) is -0.925. The molecule has 0 amide bonds. The molecule has 1 aliphatic heterocycles. The van der Waals surface area contributed by atoms with Crippen LogP contribution in [-0.2, 0) is 11.0 Å². The zero-order valence-corrected chi connectivity index (χ0v) is 12.4. The van der Waals surface area contributed by atoms with Crippen LogP contribution in [-0.4, -0.2) is 32.0 Å². The van der Waals surface area contributed by atoms with Crippen molar-refractivity contribution < 1.29 is 13.0 Å². The minimum Gasteiger partial charge on any atom is -0.242 e. The average Bonchev–Trinajstić information content (AvgIpc) is 2.78. The van der Waals surface area contributed by atoms with Gasteiger partial charge < -0.3 is 0 Å². The van der Waals surface area contributed by atoms with Crippen molar-refractivity contribution in [3.63, 3.8) is 0 Å². The quantitative estimate of drug-likeness (QED) is 0.764. The summed E-state index contributed by atoms with van der Waals surface area (Å²) in [5.41, 5.74) is 0. The third kappa shape index (κ3) is 3.14. The standard InChI is InChI=1S/C14H21F2NOS/c1-14(2,3)19(18)17-8-4-5-13(17)11-9-10(15)6-7-12(11)16/h6-7,9,11-13H,4-5,8H2,1-3H3/t11?,12?,13-,19-/m1/s1. The molecule has 0 aromatic carbocycles. The van der Waals surface area contributed by atoms with Gasteiger partial charge in [-0.2, -0.15) is 0 Å². The number of allylic oxidation sites excluding steroid dienone is 3. The average molecular weight is 289 g/mol. The van der Waals surface area contributed by atoms with Crippen LogP contribution >= 0.6 is 0 Å². The van der Waals surface area contributed by atoms with E-state index in [1.807, 2.05) is 25.1 Å². The molecule has 0 aromatic heterocycles. The Morgan fingerprint density at radius 1 is 1.42 bits per heavy atom. The van der Waals surface area contributed by atoms with E-state index in [0.29, 0.717) is 6.54 Å². The van der Waals surface area contributed by atoms with Crippen molar-refractivity contribution in [2.75, 3.05) is 6.54 Å². The van der Waals surface area contributed by atoms with Gasteiger partial charge in [0.1, 0.15) is 12.0 Å². The molecule has 0 N–H and O–H groups in total. The summed E-state index contributed by atoms with van der Waals surface area (Å²) in [5, 5.41) is 0. The van der Waals surface area contributed by atoms with Crippen molar-refractivity contribution >= 4 is 11.0 Å². The zero-order chi connectivity index (χ0) is 14.2. The molecule has 5 heteroatoms.